The molecular formula is C36H36N2. The third kappa shape index (κ3) is 5.50. The van der Waals surface area contributed by atoms with E-state index in [2.05, 4.69) is 171 Å². The topological polar surface area (TPSA) is 6.48 Å². The monoisotopic (exact) mass is 496 g/mol. The van der Waals surface area contributed by atoms with Gasteiger partial charge in [-0.3, -0.25) is 0 Å². The van der Waals surface area contributed by atoms with Gasteiger partial charge in [0, 0.05) is 34.1 Å². The van der Waals surface area contributed by atoms with Gasteiger partial charge in [-0.25, -0.2) is 0 Å². The molecule has 0 aliphatic rings. The molecule has 5 rings (SSSR count). The number of hydrogen-bond acceptors (Lipinski definition) is 2. The molecule has 0 heterocycles. The highest BCUT2D eigenvalue weighted by Crippen LogP contribution is 2.39. The van der Waals surface area contributed by atoms with Gasteiger partial charge in [0.2, 0.25) is 0 Å². The Kier molecular flexibility index (Phi) is 7.60. The van der Waals surface area contributed by atoms with Crippen LogP contribution in [0.1, 0.15) is 50.7 Å². The lowest BCUT2D eigenvalue weighted by Gasteiger charge is -2.28. The van der Waals surface area contributed by atoms with Crippen LogP contribution in [0.15, 0.2) is 133 Å². The van der Waals surface area contributed by atoms with E-state index >= 15 is 0 Å². The van der Waals surface area contributed by atoms with Crippen LogP contribution in [0.25, 0.3) is 0 Å². The molecule has 0 saturated heterocycles. The summed E-state index contributed by atoms with van der Waals surface area (Å²) in [7, 11) is 0. The third-order valence-corrected chi connectivity index (χ3v) is 7.03. The van der Waals surface area contributed by atoms with E-state index in [0.29, 0.717) is 11.8 Å². The predicted octanol–water partition coefficient (Wildman–Crippen LogP) is 10.9. The molecule has 0 aliphatic heterocycles. The highest BCUT2D eigenvalue weighted by atomic mass is 15.2. The lowest BCUT2D eigenvalue weighted by Crippen LogP contribution is -2.12. The highest BCUT2D eigenvalue weighted by Gasteiger charge is 2.16. The number of nitrogens with zero attached hydrogens (tertiary/aromatic N) is 2. The van der Waals surface area contributed by atoms with E-state index in [1.54, 1.807) is 0 Å². The Labute approximate surface area is 227 Å². The maximum Gasteiger partial charge on any atom is 0.0463 e. The van der Waals surface area contributed by atoms with Crippen LogP contribution in [0.4, 0.5) is 34.1 Å². The summed E-state index contributed by atoms with van der Waals surface area (Å²) in [4.78, 5) is 4.64. The smallest absolute Gasteiger partial charge is 0.0463 e. The summed E-state index contributed by atoms with van der Waals surface area (Å²) in [5.41, 5.74) is 9.53. The number of rotatable bonds is 8. The maximum atomic E-state index is 2.32. The van der Waals surface area contributed by atoms with Gasteiger partial charge in [0.15, 0.2) is 0 Å². The molecule has 0 unspecified atom stereocenters. The fraction of sp³-hybridized carbons (Fsp3) is 0.167. The molecular weight excluding hydrogens is 460 g/mol. The minimum Gasteiger partial charge on any atom is -0.311 e. The Balaban J connectivity index is 1.54. The Morgan fingerprint density at radius 1 is 0.316 bits per heavy atom. The summed E-state index contributed by atoms with van der Waals surface area (Å²) < 4.78 is 0. The number of para-hydroxylation sites is 2. The van der Waals surface area contributed by atoms with Gasteiger partial charge in [-0.15, -0.1) is 0 Å². The predicted molar refractivity (Wildman–Crippen MR) is 164 cm³/mol. The molecule has 2 nitrogen and oxygen atoms in total. The number of benzene rings is 5. The number of anilines is 6. The van der Waals surface area contributed by atoms with Crippen molar-refractivity contribution in [3.63, 3.8) is 0 Å². The van der Waals surface area contributed by atoms with Gasteiger partial charge >= 0.3 is 0 Å². The zero-order valence-corrected chi connectivity index (χ0v) is 22.8. The quantitative estimate of drug-likeness (QED) is 0.211. The van der Waals surface area contributed by atoms with Crippen LogP contribution in [-0.2, 0) is 0 Å². The summed E-state index contributed by atoms with van der Waals surface area (Å²) >= 11 is 0. The van der Waals surface area contributed by atoms with E-state index in [1.165, 1.54) is 11.1 Å². The van der Waals surface area contributed by atoms with Crippen molar-refractivity contribution in [1.82, 2.24) is 0 Å². The van der Waals surface area contributed by atoms with Crippen LogP contribution in [0.3, 0.4) is 0 Å². The summed E-state index contributed by atoms with van der Waals surface area (Å²) in [5.74, 6) is 1.01. The lowest BCUT2D eigenvalue weighted by atomic mass is 10.0. The molecule has 190 valence electrons. The standard InChI is InChI=1S/C36H36N2/c1-27(2)29-15-19-33(20-16-29)37(31-11-7-5-8-12-31)35-23-25-36(26-24-35)38(32-13-9-6-10-14-32)34-21-17-30(18-22-34)28(3)4/h5-28H,1-4H3. The van der Waals surface area contributed by atoms with Gasteiger partial charge in [-0.2, -0.15) is 0 Å². The van der Waals surface area contributed by atoms with Crippen LogP contribution < -0.4 is 9.80 Å². The van der Waals surface area contributed by atoms with Gasteiger partial charge < -0.3 is 9.80 Å². The van der Waals surface area contributed by atoms with Crippen molar-refractivity contribution in [3.8, 4) is 0 Å². The Bertz CT molecular complexity index is 1310. The molecule has 0 amide bonds. The molecule has 0 bridgehead atoms. The maximum absolute atomic E-state index is 2.32. The minimum absolute atomic E-state index is 0.507. The molecule has 0 aliphatic carbocycles. The molecule has 2 heteroatoms. The van der Waals surface area contributed by atoms with Crippen LogP contribution in [0.5, 0.6) is 0 Å². The van der Waals surface area contributed by atoms with E-state index in [9.17, 15) is 0 Å². The van der Waals surface area contributed by atoms with Gasteiger partial charge in [-0.1, -0.05) is 88.4 Å². The Hall–Kier alpha value is -4.30. The van der Waals surface area contributed by atoms with Gasteiger partial charge in [0.05, 0.1) is 0 Å². The summed E-state index contributed by atoms with van der Waals surface area (Å²) in [6, 6.07) is 47.9. The zero-order chi connectivity index (χ0) is 26.5. The molecule has 38 heavy (non-hydrogen) atoms. The van der Waals surface area contributed by atoms with Gasteiger partial charge in [0.25, 0.3) is 0 Å². The summed E-state index contributed by atoms with van der Waals surface area (Å²) in [6.07, 6.45) is 0. The second-order valence-corrected chi connectivity index (χ2v) is 10.4. The molecule has 0 fully saturated rings. The zero-order valence-electron chi connectivity index (χ0n) is 22.8. The van der Waals surface area contributed by atoms with E-state index in [4.69, 9.17) is 0 Å². The minimum atomic E-state index is 0.507. The van der Waals surface area contributed by atoms with Crippen molar-refractivity contribution >= 4 is 34.1 Å². The first-order chi connectivity index (χ1) is 18.5. The van der Waals surface area contributed by atoms with Crippen molar-refractivity contribution in [2.24, 2.45) is 0 Å². The number of hydrogen-bond donors (Lipinski definition) is 0. The average molecular weight is 497 g/mol. The van der Waals surface area contributed by atoms with Crippen molar-refractivity contribution in [2.45, 2.75) is 39.5 Å². The third-order valence-electron chi connectivity index (χ3n) is 7.03. The molecule has 5 aromatic rings. The molecule has 0 saturated carbocycles. The van der Waals surface area contributed by atoms with Crippen molar-refractivity contribution in [3.05, 3.63) is 145 Å². The first kappa shape index (κ1) is 25.4. The SMILES string of the molecule is CC(C)c1ccc(N(c2ccccc2)c2ccc(N(c3ccccc3)c3ccc(C(C)C)cc3)cc2)cc1. The van der Waals surface area contributed by atoms with Crippen LogP contribution >= 0.6 is 0 Å². The molecule has 0 spiro atoms. The Morgan fingerprint density at radius 3 is 0.816 bits per heavy atom. The fourth-order valence-corrected chi connectivity index (χ4v) is 4.82. The van der Waals surface area contributed by atoms with Crippen molar-refractivity contribution < 1.29 is 0 Å². The summed E-state index contributed by atoms with van der Waals surface area (Å²) in [5, 5.41) is 0. The largest absolute Gasteiger partial charge is 0.311 e. The molecule has 0 N–H and O–H groups in total. The Morgan fingerprint density at radius 2 is 0.553 bits per heavy atom. The van der Waals surface area contributed by atoms with Crippen LogP contribution in [0, 0.1) is 0 Å². The van der Waals surface area contributed by atoms with E-state index in [-0.39, 0.29) is 0 Å². The molecule has 0 radical (unpaired) electrons. The normalized spacial score (nSPS) is 11.1. The van der Waals surface area contributed by atoms with E-state index in [1.807, 2.05) is 0 Å². The molecule has 0 atom stereocenters. The van der Waals surface area contributed by atoms with Gasteiger partial charge in [0.1, 0.15) is 0 Å². The van der Waals surface area contributed by atoms with Crippen LogP contribution in [-0.4, -0.2) is 0 Å². The van der Waals surface area contributed by atoms with Crippen molar-refractivity contribution in [1.29, 1.82) is 0 Å². The van der Waals surface area contributed by atoms with E-state index in [0.717, 1.165) is 34.1 Å². The first-order valence-electron chi connectivity index (χ1n) is 13.5. The molecule has 5 aromatic carbocycles. The lowest BCUT2D eigenvalue weighted by molar-refractivity contribution is 0.866. The fourth-order valence-electron chi connectivity index (χ4n) is 4.82. The first-order valence-corrected chi connectivity index (χ1v) is 13.5. The molecule has 0 aromatic heterocycles. The second-order valence-electron chi connectivity index (χ2n) is 10.4. The highest BCUT2D eigenvalue weighted by molar-refractivity contribution is 5.81. The van der Waals surface area contributed by atoms with E-state index < -0.39 is 0 Å². The van der Waals surface area contributed by atoms with Crippen LogP contribution in [0.2, 0.25) is 0 Å². The second kappa shape index (κ2) is 11.4. The van der Waals surface area contributed by atoms with Crippen molar-refractivity contribution in [2.75, 3.05) is 9.80 Å². The summed E-state index contributed by atoms with van der Waals surface area (Å²) in [6.45, 7) is 8.93. The van der Waals surface area contributed by atoms with Gasteiger partial charge in [-0.05, 0) is 95.8 Å². The average Bonchev–Trinajstić information content (AvgIpc) is 2.96.